The molecule has 0 aromatic heterocycles. The Hall–Kier alpha value is -2.73. The highest BCUT2D eigenvalue weighted by Crippen LogP contribution is 2.20. The van der Waals surface area contributed by atoms with Gasteiger partial charge in [-0.2, -0.15) is 0 Å². The van der Waals surface area contributed by atoms with Crippen molar-refractivity contribution in [2.75, 3.05) is 10.6 Å². The number of benzene rings is 2. The first-order valence-electron chi connectivity index (χ1n) is 7.47. The molecule has 0 unspecified atom stereocenters. The Labute approximate surface area is 146 Å². The van der Waals surface area contributed by atoms with Gasteiger partial charge in [-0.1, -0.05) is 36.4 Å². The quantitative estimate of drug-likeness (QED) is 0.748. The van der Waals surface area contributed by atoms with Crippen LogP contribution < -0.4 is 16.0 Å². The number of carbonyl (C=O) groups excluding carboxylic acids is 2. The fourth-order valence-electron chi connectivity index (χ4n) is 2.14. The maximum absolute atomic E-state index is 12.0. The molecule has 6 heteroatoms. The van der Waals surface area contributed by atoms with Crippen molar-refractivity contribution in [3.05, 3.63) is 59.7 Å². The van der Waals surface area contributed by atoms with Crippen LogP contribution in [0.25, 0.3) is 0 Å². The third-order valence-electron chi connectivity index (χ3n) is 3.27. The molecule has 24 heavy (non-hydrogen) atoms. The Morgan fingerprint density at radius 2 is 1.75 bits per heavy atom. The first-order chi connectivity index (χ1) is 11.4. The molecule has 124 valence electrons. The monoisotopic (exact) mass is 341 g/mol. The van der Waals surface area contributed by atoms with Crippen molar-refractivity contribution in [1.82, 2.24) is 5.32 Å². The lowest BCUT2D eigenvalue weighted by Gasteiger charge is -2.12. The topological polar surface area (TPSA) is 70.2 Å². The third kappa shape index (κ3) is 5.48. The van der Waals surface area contributed by atoms with E-state index in [2.05, 4.69) is 16.0 Å². The molecule has 2 rings (SSSR count). The number of hydrogen-bond acceptors (Lipinski definition) is 3. The van der Waals surface area contributed by atoms with Crippen molar-refractivity contribution in [3.63, 3.8) is 0 Å². The average Bonchev–Trinajstić information content (AvgIpc) is 2.51. The summed E-state index contributed by atoms with van der Waals surface area (Å²) in [5.74, 6) is -0.332. The lowest BCUT2D eigenvalue weighted by atomic mass is 10.1. The Balaban J connectivity index is 1.94. The molecule has 0 atom stereocenters. The fraction of sp³-hybridized carbons (Fsp3) is 0.167. The molecule has 2 amide bonds. The Morgan fingerprint density at radius 1 is 1.04 bits per heavy atom. The van der Waals surface area contributed by atoms with Crippen molar-refractivity contribution < 1.29 is 9.59 Å². The molecule has 0 radical (unpaired) electrons. The normalized spacial score (nSPS) is 9.92. The molecule has 5 nitrogen and oxygen atoms in total. The van der Waals surface area contributed by atoms with Crippen LogP contribution in [0.2, 0.25) is 0 Å². The summed E-state index contributed by atoms with van der Waals surface area (Å²) in [6.07, 6.45) is 0.258. The van der Waals surface area contributed by atoms with Gasteiger partial charge in [-0.3, -0.25) is 9.59 Å². The van der Waals surface area contributed by atoms with Gasteiger partial charge in [-0.15, -0.1) is 0 Å². The van der Waals surface area contributed by atoms with Crippen molar-refractivity contribution in [2.24, 2.45) is 0 Å². The number of aryl methyl sites for hydroxylation is 1. The average molecular weight is 341 g/mol. The maximum atomic E-state index is 12.0. The Bertz CT molecular complexity index is 760. The van der Waals surface area contributed by atoms with E-state index in [0.717, 1.165) is 11.1 Å². The first kappa shape index (κ1) is 17.6. The number of nitrogens with one attached hydrogen (secondary N) is 3. The van der Waals surface area contributed by atoms with Crippen LogP contribution in [0, 0.1) is 6.92 Å². The van der Waals surface area contributed by atoms with Gasteiger partial charge in [-0.25, -0.2) is 0 Å². The smallest absolute Gasteiger partial charge is 0.230 e. The molecular weight excluding hydrogens is 322 g/mol. The third-order valence-corrected chi connectivity index (χ3v) is 3.47. The van der Waals surface area contributed by atoms with E-state index in [1.165, 1.54) is 6.92 Å². The minimum Gasteiger partial charge on any atom is -0.332 e. The van der Waals surface area contributed by atoms with E-state index in [9.17, 15) is 9.59 Å². The van der Waals surface area contributed by atoms with Crippen molar-refractivity contribution >= 4 is 40.5 Å². The SMILES string of the molecule is CC(=O)Nc1cc(NC(=S)NC(=O)Cc2ccccc2)ccc1C. The van der Waals surface area contributed by atoms with E-state index < -0.39 is 0 Å². The summed E-state index contributed by atoms with van der Waals surface area (Å²) in [5, 5.41) is 8.56. The van der Waals surface area contributed by atoms with E-state index >= 15 is 0 Å². The largest absolute Gasteiger partial charge is 0.332 e. The molecular formula is C18H19N3O2S. The highest BCUT2D eigenvalue weighted by molar-refractivity contribution is 7.80. The molecule has 0 fully saturated rings. The van der Waals surface area contributed by atoms with E-state index in [1.807, 2.05) is 49.4 Å². The lowest BCUT2D eigenvalue weighted by Crippen LogP contribution is -2.35. The van der Waals surface area contributed by atoms with Crippen LogP contribution >= 0.6 is 12.2 Å². The number of hydrogen-bond donors (Lipinski definition) is 3. The van der Waals surface area contributed by atoms with Gasteiger partial charge >= 0.3 is 0 Å². The van der Waals surface area contributed by atoms with Crippen LogP contribution in [0.3, 0.4) is 0 Å². The highest BCUT2D eigenvalue weighted by Gasteiger charge is 2.07. The second kappa shape index (κ2) is 8.21. The van der Waals surface area contributed by atoms with Gasteiger partial charge in [0, 0.05) is 18.3 Å². The Kier molecular flexibility index (Phi) is 6.03. The van der Waals surface area contributed by atoms with Crippen LogP contribution in [0.15, 0.2) is 48.5 Å². The van der Waals surface area contributed by atoms with Crippen LogP contribution in [-0.4, -0.2) is 16.9 Å². The second-order valence-corrected chi connectivity index (χ2v) is 5.78. The van der Waals surface area contributed by atoms with Gasteiger partial charge in [0.25, 0.3) is 0 Å². The molecule has 3 N–H and O–H groups in total. The lowest BCUT2D eigenvalue weighted by molar-refractivity contribution is -0.119. The van der Waals surface area contributed by atoms with E-state index in [0.29, 0.717) is 11.4 Å². The molecule has 0 aliphatic rings. The molecule has 0 heterocycles. The van der Waals surface area contributed by atoms with Crippen LogP contribution in [0.1, 0.15) is 18.1 Å². The molecule has 0 saturated carbocycles. The van der Waals surface area contributed by atoms with Gasteiger partial charge in [0.1, 0.15) is 0 Å². The Morgan fingerprint density at radius 3 is 2.42 bits per heavy atom. The summed E-state index contributed by atoms with van der Waals surface area (Å²) in [6, 6.07) is 14.9. The summed E-state index contributed by atoms with van der Waals surface area (Å²) in [7, 11) is 0. The van der Waals surface area contributed by atoms with E-state index in [4.69, 9.17) is 12.2 Å². The standard InChI is InChI=1S/C18H19N3O2S/c1-12-8-9-15(11-16(12)19-13(2)22)20-18(24)21-17(23)10-14-6-4-3-5-7-14/h3-9,11H,10H2,1-2H3,(H,19,22)(H2,20,21,23,24). The summed E-state index contributed by atoms with van der Waals surface area (Å²) in [6.45, 7) is 3.35. The molecule has 2 aromatic rings. The fourth-order valence-corrected chi connectivity index (χ4v) is 2.37. The van der Waals surface area contributed by atoms with Gasteiger partial charge in [0.15, 0.2) is 5.11 Å². The summed E-state index contributed by atoms with van der Waals surface area (Å²) in [4.78, 5) is 23.2. The highest BCUT2D eigenvalue weighted by atomic mass is 32.1. The van der Waals surface area contributed by atoms with Gasteiger partial charge < -0.3 is 16.0 Å². The van der Waals surface area contributed by atoms with Crippen LogP contribution in [0.5, 0.6) is 0 Å². The van der Waals surface area contributed by atoms with E-state index in [-0.39, 0.29) is 23.3 Å². The van der Waals surface area contributed by atoms with Crippen molar-refractivity contribution in [2.45, 2.75) is 20.3 Å². The summed E-state index contributed by atoms with van der Waals surface area (Å²) in [5.41, 5.74) is 3.25. The van der Waals surface area contributed by atoms with E-state index in [1.54, 1.807) is 6.07 Å². The minimum absolute atomic E-state index is 0.144. The second-order valence-electron chi connectivity index (χ2n) is 5.38. The maximum Gasteiger partial charge on any atom is 0.230 e. The van der Waals surface area contributed by atoms with Crippen LogP contribution in [0.4, 0.5) is 11.4 Å². The molecule has 0 aliphatic heterocycles. The number of carbonyl (C=O) groups is 2. The zero-order valence-electron chi connectivity index (χ0n) is 13.6. The predicted octanol–water partition coefficient (Wildman–Crippen LogP) is 3.01. The number of anilines is 2. The van der Waals surface area contributed by atoms with Gasteiger partial charge in [0.2, 0.25) is 11.8 Å². The van der Waals surface area contributed by atoms with Gasteiger partial charge in [0.05, 0.1) is 6.42 Å². The number of rotatable bonds is 4. The first-order valence-corrected chi connectivity index (χ1v) is 7.88. The molecule has 0 bridgehead atoms. The van der Waals surface area contributed by atoms with Crippen molar-refractivity contribution in [1.29, 1.82) is 0 Å². The molecule has 0 saturated heterocycles. The van der Waals surface area contributed by atoms with Crippen molar-refractivity contribution in [3.8, 4) is 0 Å². The molecule has 2 aromatic carbocycles. The molecule has 0 aliphatic carbocycles. The summed E-state index contributed by atoms with van der Waals surface area (Å²) >= 11 is 5.16. The summed E-state index contributed by atoms with van der Waals surface area (Å²) < 4.78 is 0. The molecule has 0 spiro atoms. The number of thiocarbonyl (C=S) groups is 1. The minimum atomic E-state index is -0.187. The predicted molar refractivity (Wildman–Crippen MR) is 100.0 cm³/mol. The number of amides is 2. The van der Waals surface area contributed by atoms with Crippen LogP contribution in [-0.2, 0) is 16.0 Å². The van der Waals surface area contributed by atoms with Gasteiger partial charge in [-0.05, 0) is 42.4 Å². The zero-order valence-corrected chi connectivity index (χ0v) is 14.4. The zero-order chi connectivity index (χ0) is 17.5.